The zero-order chi connectivity index (χ0) is 48.5. The number of ether oxygens (including phenoxy) is 5. The predicted molar refractivity (Wildman–Crippen MR) is 250 cm³/mol. The van der Waals surface area contributed by atoms with Gasteiger partial charge in [-0.2, -0.15) is 0 Å². The Hall–Kier alpha value is -7.57. The third-order valence-electron chi connectivity index (χ3n) is 13.4. The summed E-state index contributed by atoms with van der Waals surface area (Å²) in [5, 5.41) is 5.38. The number of rotatable bonds is 12. The third kappa shape index (κ3) is 9.49. The number of hydrogen-bond donors (Lipinski definition) is 4. The summed E-state index contributed by atoms with van der Waals surface area (Å²) in [6.07, 6.45) is 2.84. The second kappa shape index (κ2) is 19.6. The smallest absolute Gasteiger partial charge is 0.410 e. The summed E-state index contributed by atoms with van der Waals surface area (Å²) < 4.78 is 26.9. The standard InChI is InChI=1S/C50H57N9O10/c1-27(2)41(55-48(62)65-5)46(60)58-19-7-8-38(58)44-51-21-36(53-44)31-13-9-29(10-14-31)30-11-15-32(16-12-30)37-22-52-45(54-37)39-20-34(24-59(39)47(61)42(28(3)4)56-49(63)66-6)69-50(64)57-23-33-17-18-40-43(35(33)25-57)68-26-67-40/h9-18,21-22,27-28,34,38-39,41-42H,7-8,19-20,23-26H2,1-6H3,(H,51,53)(H,52,54)(H,55,62)(H,56,63)/t34-,38?,39?,41+,42+/m1/s1. The van der Waals surface area contributed by atoms with Crippen LogP contribution in [-0.2, 0) is 36.9 Å². The van der Waals surface area contributed by atoms with Crippen molar-refractivity contribution < 1.29 is 47.7 Å². The minimum absolute atomic E-state index is 0.0934. The van der Waals surface area contributed by atoms with E-state index in [1.54, 1.807) is 27.1 Å². The fraction of sp³-hybridized carbons (Fsp3) is 0.420. The van der Waals surface area contributed by atoms with E-state index >= 15 is 0 Å². The van der Waals surface area contributed by atoms with Gasteiger partial charge in [0.2, 0.25) is 18.6 Å². The van der Waals surface area contributed by atoms with Crippen molar-refractivity contribution in [2.24, 2.45) is 11.8 Å². The molecule has 4 aliphatic heterocycles. The molecule has 6 heterocycles. The molecule has 0 saturated carbocycles. The van der Waals surface area contributed by atoms with Gasteiger partial charge in [-0.05, 0) is 58.6 Å². The van der Waals surface area contributed by atoms with Crippen molar-refractivity contribution in [3.63, 3.8) is 0 Å². The van der Waals surface area contributed by atoms with Crippen molar-refractivity contribution >= 4 is 30.1 Å². The normalized spacial score (nSPS) is 19.1. The topological polar surface area (TPSA) is 223 Å². The minimum Gasteiger partial charge on any atom is -0.454 e. The Morgan fingerprint density at radius 3 is 1.81 bits per heavy atom. The number of likely N-dealkylation sites (tertiary alicyclic amines) is 2. The van der Waals surface area contributed by atoms with Gasteiger partial charge in [0, 0.05) is 25.1 Å². The van der Waals surface area contributed by atoms with Crippen LogP contribution in [0.5, 0.6) is 11.5 Å². The highest BCUT2D eigenvalue weighted by Gasteiger charge is 2.44. The van der Waals surface area contributed by atoms with Crippen LogP contribution >= 0.6 is 0 Å². The van der Waals surface area contributed by atoms with Gasteiger partial charge in [-0.3, -0.25) is 14.5 Å². The van der Waals surface area contributed by atoms with Crippen molar-refractivity contribution in [3.05, 3.63) is 95.8 Å². The van der Waals surface area contributed by atoms with E-state index in [1.165, 1.54) is 14.2 Å². The quantitative estimate of drug-likeness (QED) is 0.0922. The summed E-state index contributed by atoms with van der Waals surface area (Å²) in [6.45, 7) is 8.91. The number of nitrogens with zero attached hydrogens (tertiary/aromatic N) is 5. The minimum atomic E-state index is -0.901. The van der Waals surface area contributed by atoms with E-state index in [2.05, 4.69) is 25.6 Å². The molecular formula is C50H57N9O10. The molecule has 5 amide bonds. The molecule has 4 aliphatic rings. The number of alkyl carbamates (subject to hydrolysis) is 2. The number of fused-ring (bicyclic) bond motifs is 3. The molecule has 2 fully saturated rings. The van der Waals surface area contributed by atoms with E-state index in [0.717, 1.165) is 57.6 Å². The Labute approximate surface area is 399 Å². The highest BCUT2D eigenvalue weighted by atomic mass is 16.7. The second-order valence-electron chi connectivity index (χ2n) is 18.5. The first-order valence-corrected chi connectivity index (χ1v) is 23.3. The summed E-state index contributed by atoms with van der Waals surface area (Å²) in [6, 6.07) is 17.5. The van der Waals surface area contributed by atoms with E-state index < -0.39 is 42.5 Å². The number of H-pyrrole nitrogens is 2. The first kappa shape index (κ1) is 46.5. The summed E-state index contributed by atoms with van der Waals surface area (Å²) >= 11 is 0. The third-order valence-corrected chi connectivity index (χ3v) is 13.4. The van der Waals surface area contributed by atoms with Crippen molar-refractivity contribution in [1.82, 2.24) is 45.3 Å². The molecule has 5 aromatic rings. The highest BCUT2D eigenvalue weighted by Crippen LogP contribution is 2.42. The number of amides is 5. The van der Waals surface area contributed by atoms with Crippen LogP contribution in [-0.4, -0.2) is 117 Å². The van der Waals surface area contributed by atoms with Crippen molar-refractivity contribution in [3.8, 4) is 45.1 Å². The summed E-state index contributed by atoms with van der Waals surface area (Å²) in [7, 11) is 2.53. The molecule has 5 atom stereocenters. The molecule has 2 aromatic heterocycles. The summed E-state index contributed by atoms with van der Waals surface area (Å²) in [5.74, 6) is 1.60. The number of carbonyl (C=O) groups is 5. The van der Waals surface area contributed by atoms with Gasteiger partial charge < -0.3 is 54.1 Å². The van der Waals surface area contributed by atoms with Gasteiger partial charge in [-0.1, -0.05) is 82.3 Å². The number of imidazole rings is 2. The van der Waals surface area contributed by atoms with Gasteiger partial charge in [-0.25, -0.2) is 24.4 Å². The van der Waals surface area contributed by atoms with Crippen LogP contribution in [0.2, 0.25) is 0 Å². The Bertz CT molecular complexity index is 2720. The molecular weight excluding hydrogens is 887 g/mol. The Balaban J connectivity index is 0.874. The molecule has 19 heteroatoms. The monoisotopic (exact) mass is 943 g/mol. The lowest BCUT2D eigenvalue weighted by atomic mass is 10.0. The average molecular weight is 944 g/mol. The fourth-order valence-corrected chi connectivity index (χ4v) is 9.64. The number of methoxy groups -OCH3 is 2. The van der Waals surface area contributed by atoms with Crippen LogP contribution in [0.3, 0.4) is 0 Å². The van der Waals surface area contributed by atoms with Gasteiger partial charge in [0.25, 0.3) is 0 Å². The number of nitrogens with one attached hydrogen (secondary N) is 4. The number of aromatic nitrogens is 4. The van der Waals surface area contributed by atoms with Gasteiger partial charge in [0.05, 0.1) is 63.2 Å². The molecule has 2 saturated heterocycles. The molecule has 0 bridgehead atoms. The largest absolute Gasteiger partial charge is 0.454 e. The molecule has 2 unspecified atom stereocenters. The van der Waals surface area contributed by atoms with Crippen molar-refractivity contribution in [2.75, 3.05) is 34.1 Å². The van der Waals surface area contributed by atoms with Gasteiger partial charge in [-0.15, -0.1) is 0 Å². The van der Waals surface area contributed by atoms with E-state index in [0.29, 0.717) is 42.8 Å². The number of benzene rings is 3. The predicted octanol–water partition coefficient (Wildman–Crippen LogP) is 7.08. The molecule has 69 heavy (non-hydrogen) atoms. The van der Waals surface area contributed by atoms with Crippen LogP contribution in [0.15, 0.2) is 73.1 Å². The van der Waals surface area contributed by atoms with Crippen LogP contribution in [0.4, 0.5) is 14.4 Å². The second-order valence-corrected chi connectivity index (χ2v) is 18.5. The maximum atomic E-state index is 14.3. The molecule has 9 rings (SSSR count). The maximum Gasteiger partial charge on any atom is 0.410 e. The number of hydrogen-bond acceptors (Lipinski definition) is 12. The fourth-order valence-electron chi connectivity index (χ4n) is 9.64. The van der Waals surface area contributed by atoms with Crippen molar-refractivity contribution in [2.45, 2.75) is 90.3 Å². The highest BCUT2D eigenvalue weighted by molar-refractivity contribution is 5.87. The van der Waals surface area contributed by atoms with Gasteiger partial charge in [0.1, 0.15) is 29.8 Å². The zero-order valence-corrected chi connectivity index (χ0v) is 39.4. The Morgan fingerprint density at radius 1 is 0.696 bits per heavy atom. The van der Waals surface area contributed by atoms with E-state index in [1.807, 2.05) is 88.4 Å². The lowest BCUT2D eigenvalue weighted by molar-refractivity contribution is -0.136. The SMILES string of the molecule is COC(=O)N[C@H](C(=O)N1CCCC1c1ncc(-c2ccc(-c3ccc(-c4cnc(C5C[C@@H](OC(=O)N6Cc7ccc8c(c7C6)OCO8)CN5C(=O)[C@@H](NC(=O)OC)C(C)C)[nH]4)cc3)cc2)[nH]1)C(C)C. The Morgan fingerprint density at radius 2 is 1.25 bits per heavy atom. The van der Waals surface area contributed by atoms with Crippen LogP contribution in [0, 0.1) is 11.8 Å². The summed E-state index contributed by atoms with van der Waals surface area (Å²) in [5.41, 5.74) is 7.23. The first-order chi connectivity index (χ1) is 33.3. The number of aromatic amines is 2. The molecule has 0 spiro atoms. The van der Waals surface area contributed by atoms with Crippen LogP contribution in [0.1, 0.15) is 81.8 Å². The molecule has 19 nitrogen and oxygen atoms in total. The lowest BCUT2D eigenvalue weighted by Crippen LogP contribution is -2.51. The lowest BCUT2D eigenvalue weighted by Gasteiger charge is -2.30. The van der Waals surface area contributed by atoms with E-state index in [4.69, 9.17) is 28.7 Å². The zero-order valence-electron chi connectivity index (χ0n) is 39.4. The molecule has 362 valence electrons. The van der Waals surface area contributed by atoms with Gasteiger partial charge in [0.15, 0.2) is 11.5 Å². The number of carbonyl (C=O) groups excluding carboxylic acids is 5. The molecule has 3 aromatic carbocycles. The van der Waals surface area contributed by atoms with Crippen LogP contribution in [0.25, 0.3) is 33.6 Å². The first-order valence-electron chi connectivity index (χ1n) is 23.3. The van der Waals surface area contributed by atoms with E-state index in [-0.39, 0.29) is 49.5 Å². The van der Waals surface area contributed by atoms with Crippen molar-refractivity contribution in [1.29, 1.82) is 0 Å². The summed E-state index contributed by atoms with van der Waals surface area (Å²) in [4.78, 5) is 87.2. The average Bonchev–Trinajstić information content (AvgIpc) is 4.22. The molecule has 4 N–H and O–H groups in total. The molecule has 0 radical (unpaired) electrons. The Kier molecular flexibility index (Phi) is 13.2. The van der Waals surface area contributed by atoms with Crippen LogP contribution < -0.4 is 20.1 Å². The van der Waals surface area contributed by atoms with E-state index in [9.17, 15) is 24.0 Å². The maximum absolute atomic E-state index is 14.3. The molecule has 0 aliphatic carbocycles. The van der Waals surface area contributed by atoms with Gasteiger partial charge >= 0.3 is 18.3 Å².